The largest absolute Gasteiger partial charge is 0.433 e. The highest BCUT2D eigenvalue weighted by Crippen LogP contribution is 2.28. The molecule has 21 heavy (non-hydrogen) atoms. The molecular weight excluding hydrogens is 326 g/mol. The molecule has 0 spiro atoms. The Morgan fingerprint density at radius 1 is 1.38 bits per heavy atom. The monoisotopic (exact) mass is 342 g/mol. The van der Waals surface area contributed by atoms with Crippen LogP contribution in [-0.2, 0) is 10.0 Å². The van der Waals surface area contributed by atoms with Gasteiger partial charge in [0.2, 0.25) is 10.0 Å². The average molecular weight is 343 g/mol. The van der Waals surface area contributed by atoms with Gasteiger partial charge in [-0.05, 0) is 24.1 Å². The second-order valence-electron chi connectivity index (χ2n) is 4.68. The van der Waals surface area contributed by atoms with Crippen molar-refractivity contribution in [3.8, 4) is 5.75 Å². The number of ether oxygens (including phenoxy) is 1. The fraction of sp³-hybridized carbons (Fsp3) is 0.500. The molecule has 1 aromatic rings. The Labute approximate surface area is 127 Å². The van der Waals surface area contributed by atoms with Gasteiger partial charge in [-0.3, -0.25) is 0 Å². The summed E-state index contributed by atoms with van der Waals surface area (Å²) in [5.74, 6) is -0.286. The van der Waals surface area contributed by atoms with E-state index in [1.54, 1.807) is 0 Å². The van der Waals surface area contributed by atoms with E-state index in [0.29, 0.717) is 0 Å². The van der Waals surface area contributed by atoms with Crippen LogP contribution in [0.2, 0.25) is 5.02 Å². The predicted octanol–water partition coefficient (Wildman–Crippen LogP) is 2.20. The molecule has 0 saturated carbocycles. The van der Waals surface area contributed by atoms with E-state index in [1.165, 1.54) is 0 Å². The maximum absolute atomic E-state index is 12.2. The van der Waals surface area contributed by atoms with Crippen molar-refractivity contribution in [2.24, 2.45) is 11.7 Å². The Balaban J connectivity index is 3.01. The van der Waals surface area contributed by atoms with Crippen molar-refractivity contribution >= 4 is 21.6 Å². The van der Waals surface area contributed by atoms with Crippen molar-refractivity contribution < 1.29 is 21.9 Å². The Kier molecular flexibility index (Phi) is 6.33. The summed E-state index contributed by atoms with van der Waals surface area (Å²) in [4.78, 5) is -0.145. The second kappa shape index (κ2) is 7.35. The molecule has 9 heteroatoms. The van der Waals surface area contributed by atoms with Gasteiger partial charge in [-0.15, -0.1) is 0 Å². The van der Waals surface area contributed by atoms with Gasteiger partial charge in [-0.1, -0.05) is 25.4 Å². The molecule has 0 fully saturated rings. The molecule has 1 atom stereocenters. The molecule has 0 aliphatic carbocycles. The van der Waals surface area contributed by atoms with Crippen LogP contribution >= 0.6 is 11.6 Å². The zero-order valence-corrected chi connectivity index (χ0v) is 13.1. The zero-order chi connectivity index (χ0) is 16.2. The second-order valence-corrected chi connectivity index (χ2v) is 6.80. The highest BCUT2D eigenvalue weighted by atomic mass is 35.5. The molecule has 0 heterocycles. The van der Waals surface area contributed by atoms with Crippen LogP contribution in [-0.4, -0.2) is 27.6 Å². The van der Waals surface area contributed by atoms with Gasteiger partial charge in [0, 0.05) is 12.6 Å². The average Bonchev–Trinajstić information content (AvgIpc) is 2.37. The van der Waals surface area contributed by atoms with Gasteiger partial charge in [-0.2, -0.15) is 8.78 Å². The molecule has 0 radical (unpaired) electrons. The van der Waals surface area contributed by atoms with Crippen molar-refractivity contribution in [3.63, 3.8) is 0 Å². The minimum absolute atomic E-state index is 0.00156. The first-order valence-electron chi connectivity index (χ1n) is 6.14. The lowest BCUT2D eigenvalue weighted by Crippen LogP contribution is -2.43. The topological polar surface area (TPSA) is 81.4 Å². The summed E-state index contributed by atoms with van der Waals surface area (Å²) >= 11 is 5.74. The first-order chi connectivity index (χ1) is 9.67. The quantitative estimate of drug-likeness (QED) is 0.796. The van der Waals surface area contributed by atoms with Crippen LogP contribution in [0.4, 0.5) is 8.78 Å². The molecule has 120 valence electrons. The number of alkyl halides is 2. The third-order valence-corrected chi connectivity index (χ3v) is 4.58. The highest BCUT2D eigenvalue weighted by molar-refractivity contribution is 7.89. The maximum Gasteiger partial charge on any atom is 0.387 e. The number of nitrogens with two attached hydrogens (primary N) is 1. The minimum Gasteiger partial charge on any atom is -0.433 e. The molecule has 0 saturated heterocycles. The van der Waals surface area contributed by atoms with Crippen molar-refractivity contribution in [2.75, 3.05) is 6.54 Å². The van der Waals surface area contributed by atoms with Crippen molar-refractivity contribution in [3.05, 3.63) is 23.2 Å². The number of hydrogen-bond acceptors (Lipinski definition) is 4. The minimum atomic E-state index is -3.84. The van der Waals surface area contributed by atoms with E-state index in [1.807, 2.05) is 13.8 Å². The van der Waals surface area contributed by atoms with Gasteiger partial charge < -0.3 is 10.5 Å². The van der Waals surface area contributed by atoms with Gasteiger partial charge in [0.05, 0.1) is 9.92 Å². The maximum atomic E-state index is 12.2. The van der Waals surface area contributed by atoms with Crippen molar-refractivity contribution in [1.82, 2.24) is 4.72 Å². The molecule has 1 rings (SSSR count). The van der Waals surface area contributed by atoms with Crippen LogP contribution in [0.1, 0.15) is 13.8 Å². The van der Waals surface area contributed by atoms with Crippen molar-refractivity contribution in [1.29, 1.82) is 0 Å². The summed E-state index contributed by atoms with van der Waals surface area (Å²) < 4.78 is 55.2. The van der Waals surface area contributed by atoms with E-state index in [-0.39, 0.29) is 28.1 Å². The van der Waals surface area contributed by atoms with E-state index in [9.17, 15) is 17.2 Å². The van der Waals surface area contributed by atoms with E-state index < -0.39 is 22.7 Å². The number of sulfonamides is 1. The number of rotatable bonds is 7. The third-order valence-electron chi connectivity index (χ3n) is 2.79. The van der Waals surface area contributed by atoms with Crippen LogP contribution in [0.15, 0.2) is 23.1 Å². The van der Waals surface area contributed by atoms with E-state index >= 15 is 0 Å². The molecule has 1 aromatic carbocycles. The lowest BCUT2D eigenvalue weighted by atomic mass is 10.1. The van der Waals surface area contributed by atoms with E-state index in [4.69, 9.17) is 17.3 Å². The molecule has 0 bridgehead atoms. The normalized spacial score (nSPS) is 13.7. The first kappa shape index (κ1) is 18.1. The molecule has 1 unspecified atom stereocenters. The standard InChI is InChI=1S/C12H17ClF2N2O3S/c1-7(2)10(6-16)17-21(18,19)8-3-4-11(9(13)5-8)20-12(14)15/h3-5,7,10,12,17H,6,16H2,1-2H3. The molecule has 3 N–H and O–H groups in total. The lowest BCUT2D eigenvalue weighted by molar-refractivity contribution is -0.0498. The Bertz CT molecular complexity index is 582. The lowest BCUT2D eigenvalue weighted by Gasteiger charge is -2.20. The fourth-order valence-electron chi connectivity index (χ4n) is 1.56. The molecule has 0 amide bonds. The summed E-state index contributed by atoms with van der Waals surface area (Å²) in [7, 11) is -3.84. The SMILES string of the molecule is CC(C)C(CN)NS(=O)(=O)c1ccc(OC(F)F)c(Cl)c1. The Morgan fingerprint density at radius 3 is 2.43 bits per heavy atom. The Morgan fingerprint density at radius 2 is 2.00 bits per heavy atom. The fourth-order valence-corrected chi connectivity index (χ4v) is 3.28. The number of benzene rings is 1. The summed E-state index contributed by atoms with van der Waals surface area (Å²) in [6, 6.07) is 2.83. The predicted molar refractivity (Wildman–Crippen MR) is 76.1 cm³/mol. The third kappa shape index (κ3) is 5.06. The molecular formula is C12H17ClF2N2O3S. The van der Waals surface area contributed by atoms with Gasteiger partial charge in [0.1, 0.15) is 5.75 Å². The van der Waals surface area contributed by atoms with Crippen LogP contribution in [0, 0.1) is 5.92 Å². The Hall–Kier alpha value is -0.960. The number of hydrogen-bond donors (Lipinski definition) is 2. The summed E-state index contributed by atoms with van der Waals surface area (Å²) in [5, 5.41) is -0.216. The summed E-state index contributed by atoms with van der Waals surface area (Å²) in [6.07, 6.45) is 0. The summed E-state index contributed by atoms with van der Waals surface area (Å²) in [5.41, 5.74) is 5.51. The zero-order valence-electron chi connectivity index (χ0n) is 11.5. The highest BCUT2D eigenvalue weighted by Gasteiger charge is 2.22. The molecule has 0 aliphatic heterocycles. The summed E-state index contributed by atoms with van der Waals surface area (Å²) in [6.45, 7) is 0.752. The van der Waals surface area contributed by atoms with Gasteiger partial charge in [0.15, 0.2) is 0 Å². The van der Waals surface area contributed by atoms with Crippen LogP contribution in [0.5, 0.6) is 5.75 Å². The van der Waals surface area contributed by atoms with Crippen LogP contribution in [0.25, 0.3) is 0 Å². The molecule has 0 aliphatic rings. The molecule has 5 nitrogen and oxygen atoms in total. The molecule has 0 aromatic heterocycles. The van der Waals surface area contributed by atoms with Crippen LogP contribution in [0.3, 0.4) is 0 Å². The van der Waals surface area contributed by atoms with E-state index in [0.717, 1.165) is 18.2 Å². The van der Waals surface area contributed by atoms with Gasteiger partial charge in [-0.25, -0.2) is 13.1 Å². The van der Waals surface area contributed by atoms with E-state index in [2.05, 4.69) is 9.46 Å². The smallest absolute Gasteiger partial charge is 0.387 e. The van der Waals surface area contributed by atoms with Gasteiger partial charge in [0.25, 0.3) is 0 Å². The number of nitrogens with one attached hydrogen (secondary N) is 1. The first-order valence-corrected chi connectivity index (χ1v) is 8.00. The van der Waals surface area contributed by atoms with Crippen molar-refractivity contribution in [2.45, 2.75) is 31.4 Å². The van der Waals surface area contributed by atoms with Gasteiger partial charge >= 0.3 is 6.61 Å². The van der Waals surface area contributed by atoms with Crippen LogP contribution < -0.4 is 15.2 Å². The number of halogens is 3.